The highest BCUT2D eigenvalue weighted by Crippen LogP contribution is 2.45. The SMILES string of the molecule is CC(C)C12C=CCC=C1C=CC2=O. The molecule has 2 rings (SSSR count). The molecule has 0 radical (unpaired) electrons. The van der Waals surface area contributed by atoms with Gasteiger partial charge in [-0.05, 0) is 24.0 Å². The van der Waals surface area contributed by atoms with Gasteiger partial charge in [0.2, 0.25) is 0 Å². The Balaban J connectivity index is 2.53. The lowest BCUT2D eigenvalue weighted by atomic mass is 9.69. The molecule has 0 aromatic rings. The van der Waals surface area contributed by atoms with Crippen LogP contribution in [0, 0.1) is 11.3 Å². The fourth-order valence-corrected chi connectivity index (χ4v) is 2.26. The predicted octanol–water partition coefficient (Wildman–Crippen LogP) is 2.65. The molecular weight excluding hydrogens is 160 g/mol. The van der Waals surface area contributed by atoms with E-state index in [1.165, 1.54) is 5.57 Å². The molecule has 1 nitrogen and oxygen atoms in total. The van der Waals surface area contributed by atoms with E-state index >= 15 is 0 Å². The second-order valence-electron chi connectivity index (χ2n) is 4.02. The molecule has 0 amide bonds. The van der Waals surface area contributed by atoms with Crippen molar-refractivity contribution >= 4 is 5.78 Å². The largest absolute Gasteiger partial charge is 0.293 e. The molecule has 68 valence electrons. The van der Waals surface area contributed by atoms with Gasteiger partial charge < -0.3 is 0 Å². The molecule has 13 heavy (non-hydrogen) atoms. The van der Waals surface area contributed by atoms with Crippen LogP contribution in [-0.4, -0.2) is 5.78 Å². The molecule has 0 N–H and O–H groups in total. The molecule has 0 aliphatic heterocycles. The molecule has 0 saturated heterocycles. The number of allylic oxidation sites excluding steroid dienone is 6. The summed E-state index contributed by atoms with van der Waals surface area (Å²) in [6, 6.07) is 0. The third-order valence-electron chi connectivity index (χ3n) is 3.06. The molecule has 0 fully saturated rings. The molecule has 2 aliphatic carbocycles. The van der Waals surface area contributed by atoms with Gasteiger partial charge in [0.1, 0.15) is 0 Å². The van der Waals surface area contributed by atoms with Gasteiger partial charge in [-0.1, -0.05) is 38.2 Å². The Morgan fingerprint density at radius 3 is 2.77 bits per heavy atom. The van der Waals surface area contributed by atoms with E-state index in [2.05, 4.69) is 32.1 Å². The molecule has 0 aromatic heterocycles. The highest BCUT2D eigenvalue weighted by molar-refractivity contribution is 6.03. The Labute approximate surface area is 78.8 Å². The van der Waals surface area contributed by atoms with Crippen LogP contribution in [0.5, 0.6) is 0 Å². The summed E-state index contributed by atoms with van der Waals surface area (Å²) < 4.78 is 0. The fourth-order valence-electron chi connectivity index (χ4n) is 2.26. The van der Waals surface area contributed by atoms with Crippen LogP contribution < -0.4 is 0 Å². The van der Waals surface area contributed by atoms with Crippen molar-refractivity contribution in [2.24, 2.45) is 11.3 Å². The average Bonchev–Trinajstić information content (AvgIpc) is 2.46. The molecule has 1 atom stereocenters. The van der Waals surface area contributed by atoms with Crippen molar-refractivity contribution in [2.75, 3.05) is 0 Å². The van der Waals surface area contributed by atoms with Gasteiger partial charge in [-0.2, -0.15) is 0 Å². The summed E-state index contributed by atoms with van der Waals surface area (Å²) in [7, 11) is 0. The van der Waals surface area contributed by atoms with E-state index in [0.29, 0.717) is 5.92 Å². The van der Waals surface area contributed by atoms with Gasteiger partial charge in [0.05, 0.1) is 5.41 Å². The maximum atomic E-state index is 11.8. The van der Waals surface area contributed by atoms with Gasteiger partial charge >= 0.3 is 0 Å². The van der Waals surface area contributed by atoms with Crippen LogP contribution in [0.4, 0.5) is 0 Å². The van der Waals surface area contributed by atoms with Crippen molar-refractivity contribution in [3.63, 3.8) is 0 Å². The molecule has 0 saturated carbocycles. The average molecular weight is 174 g/mol. The van der Waals surface area contributed by atoms with Gasteiger partial charge in [0.15, 0.2) is 5.78 Å². The zero-order valence-electron chi connectivity index (χ0n) is 8.08. The second kappa shape index (κ2) is 2.69. The second-order valence-corrected chi connectivity index (χ2v) is 4.02. The van der Waals surface area contributed by atoms with Crippen LogP contribution in [0.3, 0.4) is 0 Å². The summed E-state index contributed by atoms with van der Waals surface area (Å²) in [4.78, 5) is 11.8. The van der Waals surface area contributed by atoms with E-state index in [0.717, 1.165) is 6.42 Å². The molecule has 0 spiro atoms. The molecule has 1 unspecified atom stereocenters. The third-order valence-corrected chi connectivity index (χ3v) is 3.06. The summed E-state index contributed by atoms with van der Waals surface area (Å²) in [5.41, 5.74) is 0.869. The summed E-state index contributed by atoms with van der Waals surface area (Å²) in [5, 5.41) is 0. The van der Waals surface area contributed by atoms with E-state index in [1.807, 2.05) is 6.08 Å². The van der Waals surface area contributed by atoms with Crippen LogP contribution in [-0.2, 0) is 4.79 Å². The highest BCUT2D eigenvalue weighted by atomic mass is 16.1. The van der Waals surface area contributed by atoms with E-state index in [1.54, 1.807) is 6.08 Å². The van der Waals surface area contributed by atoms with Crippen LogP contribution in [0.1, 0.15) is 20.3 Å². The van der Waals surface area contributed by atoms with Gasteiger partial charge in [-0.25, -0.2) is 0 Å². The summed E-state index contributed by atoms with van der Waals surface area (Å²) in [6.45, 7) is 4.21. The van der Waals surface area contributed by atoms with Crippen molar-refractivity contribution in [2.45, 2.75) is 20.3 Å². The van der Waals surface area contributed by atoms with Crippen LogP contribution in [0.2, 0.25) is 0 Å². The maximum Gasteiger partial charge on any atom is 0.170 e. The topological polar surface area (TPSA) is 17.1 Å². The maximum absolute atomic E-state index is 11.8. The van der Waals surface area contributed by atoms with E-state index in [-0.39, 0.29) is 11.2 Å². The Morgan fingerprint density at radius 2 is 2.15 bits per heavy atom. The fraction of sp³-hybridized carbons (Fsp3) is 0.417. The number of ketones is 1. The van der Waals surface area contributed by atoms with Crippen molar-refractivity contribution in [1.29, 1.82) is 0 Å². The first-order valence-corrected chi connectivity index (χ1v) is 4.79. The normalized spacial score (nSPS) is 31.0. The van der Waals surface area contributed by atoms with Crippen molar-refractivity contribution < 1.29 is 4.79 Å². The lowest BCUT2D eigenvalue weighted by Crippen LogP contribution is -2.32. The minimum Gasteiger partial charge on any atom is -0.293 e. The quantitative estimate of drug-likeness (QED) is 0.558. The molecule has 1 heteroatoms. The van der Waals surface area contributed by atoms with E-state index in [9.17, 15) is 4.79 Å². The first-order chi connectivity index (χ1) is 6.18. The zero-order valence-corrected chi connectivity index (χ0v) is 8.08. The number of rotatable bonds is 1. The number of fused-ring (bicyclic) bond motifs is 1. The van der Waals surface area contributed by atoms with Crippen molar-refractivity contribution in [1.82, 2.24) is 0 Å². The molecule has 0 heterocycles. The summed E-state index contributed by atoms with van der Waals surface area (Å²) in [5.74, 6) is 0.586. The first-order valence-electron chi connectivity index (χ1n) is 4.79. The molecule has 2 aliphatic rings. The number of hydrogen-bond donors (Lipinski definition) is 0. The minimum atomic E-state index is -0.321. The number of carbonyl (C=O) groups is 1. The third kappa shape index (κ3) is 0.963. The monoisotopic (exact) mass is 174 g/mol. The van der Waals surface area contributed by atoms with Crippen LogP contribution in [0.15, 0.2) is 36.0 Å². The van der Waals surface area contributed by atoms with Crippen LogP contribution >= 0.6 is 0 Å². The van der Waals surface area contributed by atoms with E-state index in [4.69, 9.17) is 0 Å². The van der Waals surface area contributed by atoms with Gasteiger partial charge in [-0.15, -0.1) is 0 Å². The lowest BCUT2D eigenvalue weighted by Gasteiger charge is -2.32. The summed E-state index contributed by atoms with van der Waals surface area (Å²) >= 11 is 0. The van der Waals surface area contributed by atoms with Crippen molar-refractivity contribution in [3.8, 4) is 0 Å². The first kappa shape index (κ1) is 8.49. The highest BCUT2D eigenvalue weighted by Gasteiger charge is 2.43. The Hall–Kier alpha value is -1.11. The Kier molecular flexibility index (Phi) is 1.76. The molecule has 0 bridgehead atoms. The number of hydrogen-bond acceptors (Lipinski definition) is 1. The Morgan fingerprint density at radius 1 is 1.38 bits per heavy atom. The molecular formula is C12H14O. The minimum absolute atomic E-state index is 0.240. The van der Waals surface area contributed by atoms with Gasteiger partial charge in [0, 0.05) is 0 Å². The smallest absolute Gasteiger partial charge is 0.170 e. The lowest BCUT2D eigenvalue weighted by molar-refractivity contribution is -0.120. The summed E-state index contributed by atoms with van der Waals surface area (Å²) in [6.07, 6.45) is 11.0. The van der Waals surface area contributed by atoms with Crippen LogP contribution in [0.25, 0.3) is 0 Å². The van der Waals surface area contributed by atoms with Gasteiger partial charge in [-0.3, -0.25) is 4.79 Å². The number of carbonyl (C=O) groups excluding carboxylic acids is 1. The van der Waals surface area contributed by atoms with Crippen molar-refractivity contribution in [3.05, 3.63) is 36.0 Å². The zero-order chi connectivity index (χ0) is 9.47. The Bertz CT molecular complexity index is 331. The standard InChI is InChI=1S/C12H14O/c1-9(2)12-8-4-3-5-10(12)6-7-11(12)13/h4-9H,3H2,1-2H3. The molecule has 0 aromatic carbocycles. The van der Waals surface area contributed by atoms with E-state index < -0.39 is 0 Å². The van der Waals surface area contributed by atoms with Gasteiger partial charge in [0.25, 0.3) is 0 Å². The predicted molar refractivity (Wildman–Crippen MR) is 53.3 cm³/mol.